The molecule has 448 valence electrons. The van der Waals surface area contributed by atoms with Gasteiger partial charge in [0, 0.05) is 49.9 Å². The van der Waals surface area contributed by atoms with Crippen LogP contribution in [0.5, 0.6) is 23.0 Å². The van der Waals surface area contributed by atoms with E-state index in [0.29, 0.717) is 87.1 Å². The predicted molar refractivity (Wildman–Crippen MR) is 331 cm³/mol. The number of likely N-dealkylation sites (tertiary alicyclic amines) is 2. The second-order valence-corrected chi connectivity index (χ2v) is 21.2. The van der Waals surface area contributed by atoms with E-state index < -0.39 is 0 Å². The molecule has 17 heteroatoms. The van der Waals surface area contributed by atoms with E-state index in [-0.39, 0.29) is 11.9 Å². The van der Waals surface area contributed by atoms with E-state index in [9.17, 15) is 9.59 Å². The molecule has 4 aromatic rings. The number of nitrogens with one attached hydrogen (secondary N) is 1. The number of nitrogens with zero attached hydrogens (tertiary/aromatic N) is 7. The van der Waals surface area contributed by atoms with Crippen molar-refractivity contribution in [3.05, 3.63) is 131 Å². The Morgan fingerprint density at radius 2 is 0.952 bits per heavy atom. The Morgan fingerprint density at radius 1 is 0.554 bits per heavy atom. The molecule has 0 saturated carbocycles. The number of alkyl halides is 1. The van der Waals surface area contributed by atoms with Gasteiger partial charge < -0.3 is 48.4 Å². The van der Waals surface area contributed by atoms with Crippen molar-refractivity contribution >= 4 is 39.2 Å². The smallest absolute Gasteiger partial charge is 0.305 e. The van der Waals surface area contributed by atoms with Crippen molar-refractivity contribution < 1.29 is 38.0 Å². The van der Waals surface area contributed by atoms with Crippen molar-refractivity contribution in [2.24, 2.45) is 0 Å². The van der Waals surface area contributed by atoms with Gasteiger partial charge in [-0.3, -0.25) is 9.59 Å². The molecule has 0 atom stereocenters. The Balaban J connectivity index is 0.000000309. The van der Waals surface area contributed by atoms with Crippen LogP contribution in [0.1, 0.15) is 128 Å². The lowest BCUT2D eigenvalue weighted by atomic mass is 10.0. The minimum atomic E-state index is -0.0971. The zero-order valence-corrected chi connectivity index (χ0v) is 50.9. The number of benzene rings is 4. The summed E-state index contributed by atoms with van der Waals surface area (Å²) in [5, 5.41) is 22.5. The van der Waals surface area contributed by atoms with Crippen molar-refractivity contribution in [3.8, 4) is 35.1 Å². The lowest BCUT2D eigenvalue weighted by Crippen LogP contribution is -2.46. The number of esters is 2. The van der Waals surface area contributed by atoms with E-state index in [1.54, 1.807) is 48.5 Å². The standard InChI is InChI=1S/C33H44N4O4.C25H30N4O2.C8H15BrO2/c1-3-39-33(38)9-5-4-6-21-37(22-8-26-41-31-14-10-28(27-34)11-15-31)30-18-23-36(24-19-30)20-7-25-40-32-16-12-29(35-2)13-17-32;1-27-22-6-10-25(11-7-22)31-19-3-15-29-16-12-23(13-17-29)28-14-2-18-30-24-8-4-21(20-26)5-9-24;1-2-11-8(10)6-4-3-5-7-9/h10-17,30H,3-9,18-26H2,1H3;4-11,23,28H,2-3,12-19H2;2-7H2,1H3. The van der Waals surface area contributed by atoms with Gasteiger partial charge in [0.25, 0.3) is 0 Å². The summed E-state index contributed by atoms with van der Waals surface area (Å²) in [4.78, 5) is 36.9. The van der Waals surface area contributed by atoms with Crippen LogP contribution in [0.15, 0.2) is 97.1 Å². The number of carbonyl (C=O) groups is 2. The molecule has 16 nitrogen and oxygen atoms in total. The largest absolute Gasteiger partial charge is 0.494 e. The van der Waals surface area contributed by atoms with Gasteiger partial charge in [-0.25, -0.2) is 9.69 Å². The first kappa shape index (κ1) is 68.8. The Labute approximate surface area is 504 Å². The highest BCUT2D eigenvalue weighted by atomic mass is 79.9. The molecule has 2 aliphatic rings. The summed E-state index contributed by atoms with van der Waals surface area (Å²) in [5.74, 6) is 3.10. The van der Waals surface area contributed by atoms with Gasteiger partial charge in [-0.05, 0) is 203 Å². The van der Waals surface area contributed by atoms with Gasteiger partial charge in [0.15, 0.2) is 11.4 Å². The number of piperidine rings is 2. The first-order valence-electron chi connectivity index (χ1n) is 29.9. The van der Waals surface area contributed by atoms with E-state index in [2.05, 4.69) is 57.8 Å². The third-order valence-corrected chi connectivity index (χ3v) is 14.7. The lowest BCUT2D eigenvalue weighted by Gasteiger charge is -2.38. The van der Waals surface area contributed by atoms with Crippen LogP contribution in [0.25, 0.3) is 9.69 Å². The van der Waals surface area contributed by atoms with Crippen LogP contribution in [0, 0.1) is 35.8 Å². The molecular weight excluding hydrogens is 1110 g/mol. The van der Waals surface area contributed by atoms with Gasteiger partial charge >= 0.3 is 11.9 Å². The monoisotopic (exact) mass is 1200 g/mol. The van der Waals surface area contributed by atoms with E-state index in [0.717, 1.165) is 164 Å². The summed E-state index contributed by atoms with van der Waals surface area (Å²) in [7, 11) is 0. The fraction of sp³-hybridized carbons (Fsp3) is 0.545. The number of unbranched alkanes of at least 4 members (excludes halogenated alkanes) is 4. The zero-order chi connectivity index (χ0) is 59.4. The van der Waals surface area contributed by atoms with Crippen LogP contribution < -0.4 is 24.3 Å². The molecule has 0 spiro atoms. The highest BCUT2D eigenvalue weighted by molar-refractivity contribution is 9.09. The summed E-state index contributed by atoms with van der Waals surface area (Å²) in [6.07, 6.45) is 15.8. The minimum Gasteiger partial charge on any atom is -0.494 e. The molecule has 6 rings (SSSR count). The normalized spacial score (nSPS) is 13.5. The van der Waals surface area contributed by atoms with Crippen LogP contribution in [-0.2, 0) is 19.1 Å². The van der Waals surface area contributed by atoms with Gasteiger partial charge in [0.2, 0.25) is 0 Å². The van der Waals surface area contributed by atoms with E-state index in [4.69, 9.17) is 52.1 Å². The second-order valence-electron chi connectivity index (χ2n) is 20.4. The number of ether oxygens (including phenoxy) is 6. The number of halogens is 1. The van der Waals surface area contributed by atoms with Crippen LogP contribution >= 0.6 is 15.9 Å². The molecule has 0 radical (unpaired) electrons. The average Bonchev–Trinajstić information content (AvgIpc) is 3.52. The maximum absolute atomic E-state index is 11.7. The van der Waals surface area contributed by atoms with E-state index >= 15 is 0 Å². The molecule has 0 bridgehead atoms. The average molecular weight is 1200 g/mol. The maximum Gasteiger partial charge on any atom is 0.305 e. The molecule has 0 aliphatic carbocycles. The summed E-state index contributed by atoms with van der Waals surface area (Å²) >= 11 is 3.33. The Kier molecular flexibility index (Phi) is 36.4. The number of hydrogen-bond acceptors (Lipinski definition) is 14. The van der Waals surface area contributed by atoms with Crippen LogP contribution in [0.2, 0.25) is 0 Å². The van der Waals surface area contributed by atoms with Gasteiger partial charge in [0.05, 0.1) is 76.1 Å². The number of rotatable bonds is 35. The van der Waals surface area contributed by atoms with Crippen molar-refractivity contribution in [3.63, 3.8) is 0 Å². The summed E-state index contributed by atoms with van der Waals surface area (Å²) in [6.45, 7) is 30.8. The maximum atomic E-state index is 11.7. The molecule has 2 aliphatic heterocycles. The number of hydrogen-bond donors (Lipinski definition) is 1. The molecular formula is C66H89BrN8O8. The van der Waals surface area contributed by atoms with E-state index in [1.807, 2.05) is 62.4 Å². The first-order valence-corrected chi connectivity index (χ1v) is 31.1. The third kappa shape index (κ3) is 31.0. The van der Waals surface area contributed by atoms with Crippen LogP contribution in [0.3, 0.4) is 0 Å². The summed E-state index contributed by atoms with van der Waals surface area (Å²) in [5.41, 5.74) is 2.56. The van der Waals surface area contributed by atoms with E-state index in [1.165, 1.54) is 12.8 Å². The fourth-order valence-electron chi connectivity index (χ4n) is 9.58. The van der Waals surface area contributed by atoms with Crippen LogP contribution in [0.4, 0.5) is 11.4 Å². The predicted octanol–water partition coefficient (Wildman–Crippen LogP) is 13.1. The highest BCUT2D eigenvalue weighted by Gasteiger charge is 2.24. The highest BCUT2D eigenvalue weighted by Crippen LogP contribution is 2.22. The van der Waals surface area contributed by atoms with Gasteiger partial charge in [-0.2, -0.15) is 10.5 Å². The molecule has 0 unspecified atom stereocenters. The lowest BCUT2D eigenvalue weighted by molar-refractivity contribution is -0.144. The molecule has 4 aromatic carbocycles. The molecule has 83 heavy (non-hydrogen) atoms. The second kappa shape index (κ2) is 43.9. The quantitative estimate of drug-likeness (QED) is 0.0200. The van der Waals surface area contributed by atoms with Gasteiger partial charge in [-0.15, -0.1) is 0 Å². The summed E-state index contributed by atoms with van der Waals surface area (Å²) < 4.78 is 33.1. The Morgan fingerprint density at radius 3 is 1.37 bits per heavy atom. The summed E-state index contributed by atoms with van der Waals surface area (Å²) in [6, 6.07) is 34.5. The third-order valence-electron chi connectivity index (χ3n) is 14.2. The van der Waals surface area contributed by atoms with Gasteiger partial charge in [-0.1, -0.05) is 53.0 Å². The molecule has 2 saturated heterocycles. The number of nitriles is 2. The van der Waals surface area contributed by atoms with Crippen molar-refractivity contribution in [2.75, 3.05) is 104 Å². The van der Waals surface area contributed by atoms with Gasteiger partial charge in [0.1, 0.15) is 23.0 Å². The molecule has 0 amide bonds. The van der Waals surface area contributed by atoms with Crippen LogP contribution in [-0.4, -0.2) is 143 Å². The fourth-order valence-corrected chi connectivity index (χ4v) is 9.98. The molecule has 1 N–H and O–H groups in total. The first-order chi connectivity index (χ1) is 40.7. The number of carbonyl (C=O) groups excluding carboxylic acids is 2. The topological polar surface area (TPSA) is 168 Å². The zero-order valence-electron chi connectivity index (χ0n) is 49.3. The van der Waals surface area contributed by atoms with Crippen molar-refractivity contribution in [1.82, 2.24) is 20.0 Å². The Bertz CT molecular complexity index is 2530. The molecule has 2 fully saturated rings. The van der Waals surface area contributed by atoms with Crippen molar-refractivity contribution in [1.29, 1.82) is 10.5 Å². The Hall–Kier alpha value is -6.70. The molecule has 0 aromatic heterocycles. The molecule has 2 heterocycles. The minimum absolute atomic E-state index is 0.0675. The SMILES string of the molecule is CCOC(=O)CCCCCBr.[C-]#[N+]c1ccc(OCCCN2CCC(N(CCCCCC(=O)OCC)CCCOc3ccc(C#N)cc3)CC2)cc1.[C-]#[N+]c1ccc(OCCCN2CCC(NCCCOc3ccc(C#N)cc3)CC2)cc1. The van der Waals surface area contributed by atoms with Crippen molar-refractivity contribution in [2.45, 2.75) is 129 Å².